The predicted octanol–water partition coefficient (Wildman–Crippen LogP) is 1.45. The zero-order valence-electron chi connectivity index (χ0n) is 11.1. The average molecular weight is 242 g/mol. The van der Waals surface area contributed by atoms with Crippen LogP contribution in [0.15, 0.2) is 0 Å². The van der Waals surface area contributed by atoms with Gasteiger partial charge in [-0.2, -0.15) is 0 Å². The fourth-order valence-corrected chi connectivity index (χ4v) is 2.07. The van der Waals surface area contributed by atoms with Crippen LogP contribution in [0.1, 0.15) is 46.0 Å². The van der Waals surface area contributed by atoms with E-state index in [0.29, 0.717) is 25.2 Å². The largest absolute Gasteiger partial charge is 0.378 e. The van der Waals surface area contributed by atoms with Crippen LogP contribution in [0.2, 0.25) is 0 Å². The van der Waals surface area contributed by atoms with Crippen molar-refractivity contribution in [3.63, 3.8) is 0 Å². The molecule has 2 N–H and O–H groups in total. The van der Waals surface area contributed by atoms with Crippen LogP contribution in [0.4, 0.5) is 0 Å². The van der Waals surface area contributed by atoms with Crippen molar-refractivity contribution < 1.29 is 9.53 Å². The van der Waals surface area contributed by atoms with Crippen LogP contribution in [-0.4, -0.2) is 37.7 Å². The predicted molar refractivity (Wildman–Crippen MR) is 69.0 cm³/mol. The summed E-state index contributed by atoms with van der Waals surface area (Å²) in [7, 11) is 0. The van der Waals surface area contributed by atoms with E-state index in [9.17, 15) is 4.79 Å². The van der Waals surface area contributed by atoms with E-state index in [1.54, 1.807) is 0 Å². The summed E-state index contributed by atoms with van der Waals surface area (Å²) in [5.74, 6) is 0.118. The van der Waals surface area contributed by atoms with Crippen molar-refractivity contribution in [1.29, 1.82) is 0 Å². The van der Waals surface area contributed by atoms with Gasteiger partial charge in [0, 0.05) is 12.5 Å². The topological polar surface area (TPSA) is 50.4 Å². The molecule has 0 aromatic heterocycles. The molecule has 4 nitrogen and oxygen atoms in total. The second kappa shape index (κ2) is 8.48. The normalized spacial score (nSPS) is 17.4. The molecule has 1 saturated heterocycles. The van der Waals surface area contributed by atoms with Crippen molar-refractivity contribution in [2.75, 3.05) is 19.7 Å². The van der Waals surface area contributed by atoms with Crippen molar-refractivity contribution in [3.05, 3.63) is 0 Å². The molecule has 1 aliphatic heterocycles. The number of rotatable bonds is 7. The fraction of sp³-hybridized carbons (Fsp3) is 0.923. The second-order valence-corrected chi connectivity index (χ2v) is 4.65. The van der Waals surface area contributed by atoms with Crippen molar-refractivity contribution in [2.24, 2.45) is 0 Å². The maximum atomic E-state index is 11.6. The van der Waals surface area contributed by atoms with Crippen LogP contribution in [-0.2, 0) is 9.53 Å². The van der Waals surface area contributed by atoms with E-state index in [-0.39, 0.29) is 5.91 Å². The van der Waals surface area contributed by atoms with Crippen LogP contribution in [0.3, 0.4) is 0 Å². The number of hydrogen-bond donors (Lipinski definition) is 2. The third-order valence-corrected chi connectivity index (χ3v) is 3.32. The molecule has 0 spiro atoms. The second-order valence-electron chi connectivity index (χ2n) is 4.65. The minimum absolute atomic E-state index is 0.118. The van der Waals surface area contributed by atoms with Crippen LogP contribution in [0.25, 0.3) is 0 Å². The molecule has 4 heteroatoms. The van der Waals surface area contributed by atoms with Crippen LogP contribution >= 0.6 is 0 Å². The van der Waals surface area contributed by atoms with Gasteiger partial charge in [0.05, 0.1) is 12.7 Å². The Hall–Kier alpha value is -0.610. The van der Waals surface area contributed by atoms with Crippen molar-refractivity contribution >= 4 is 5.91 Å². The summed E-state index contributed by atoms with van der Waals surface area (Å²) in [5, 5.41) is 6.32. The van der Waals surface area contributed by atoms with Crippen molar-refractivity contribution in [1.82, 2.24) is 10.6 Å². The van der Waals surface area contributed by atoms with E-state index < -0.39 is 0 Å². The summed E-state index contributed by atoms with van der Waals surface area (Å²) in [6, 6.07) is 0.321. The molecular formula is C13H26N2O2. The lowest BCUT2D eigenvalue weighted by molar-refractivity contribution is -0.123. The lowest BCUT2D eigenvalue weighted by Gasteiger charge is -2.23. The molecule has 0 saturated carbocycles. The first-order chi connectivity index (χ1) is 8.26. The van der Waals surface area contributed by atoms with Gasteiger partial charge in [0.15, 0.2) is 0 Å². The molecular weight excluding hydrogens is 216 g/mol. The third-order valence-electron chi connectivity index (χ3n) is 3.32. The van der Waals surface area contributed by atoms with E-state index in [0.717, 1.165) is 38.8 Å². The van der Waals surface area contributed by atoms with Crippen molar-refractivity contribution in [3.8, 4) is 0 Å². The molecule has 0 aliphatic carbocycles. The minimum Gasteiger partial charge on any atom is -0.378 e. The maximum absolute atomic E-state index is 11.6. The lowest BCUT2D eigenvalue weighted by atomic mass is 10.1. The summed E-state index contributed by atoms with van der Waals surface area (Å²) in [6.07, 6.45) is 4.95. The number of carbonyl (C=O) groups excluding carboxylic acids is 1. The van der Waals surface area contributed by atoms with Crippen LogP contribution in [0, 0.1) is 0 Å². The molecule has 0 unspecified atom stereocenters. The zero-order chi connectivity index (χ0) is 12.5. The quantitative estimate of drug-likeness (QED) is 0.710. The highest BCUT2D eigenvalue weighted by Crippen LogP contribution is 2.07. The smallest absolute Gasteiger partial charge is 0.222 e. The molecule has 0 aromatic carbocycles. The van der Waals surface area contributed by atoms with E-state index in [4.69, 9.17) is 4.74 Å². The number of nitrogens with one attached hydrogen (secondary N) is 2. The molecule has 0 aromatic rings. The van der Waals surface area contributed by atoms with Gasteiger partial charge in [-0.3, -0.25) is 4.79 Å². The molecule has 17 heavy (non-hydrogen) atoms. The van der Waals surface area contributed by atoms with Crippen LogP contribution < -0.4 is 10.6 Å². The minimum atomic E-state index is 0.118. The summed E-state index contributed by atoms with van der Waals surface area (Å²) >= 11 is 0. The highest BCUT2D eigenvalue weighted by Gasteiger charge is 2.14. The number of carbonyl (C=O) groups is 1. The van der Waals surface area contributed by atoms with E-state index in [1.165, 1.54) is 0 Å². The Balaban J connectivity index is 2.06. The van der Waals surface area contributed by atoms with Gasteiger partial charge in [-0.1, -0.05) is 13.8 Å². The summed E-state index contributed by atoms with van der Waals surface area (Å²) in [6.45, 7) is 6.81. The Kier molecular flexibility index (Phi) is 7.21. The van der Waals surface area contributed by atoms with Gasteiger partial charge < -0.3 is 15.4 Å². The number of amides is 1. The number of hydrogen-bond acceptors (Lipinski definition) is 3. The van der Waals surface area contributed by atoms with Gasteiger partial charge in [-0.05, 0) is 38.8 Å². The number of ether oxygens (including phenoxy) is 1. The van der Waals surface area contributed by atoms with Gasteiger partial charge >= 0.3 is 0 Å². The Labute approximate surface area is 104 Å². The van der Waals surface area contributed by atoms with Crippen LogP contribution in [0.5, 0.6) is 0 Å². The van der Waals surface area contributed by atoms with E-state index >= 15 is 0 Å². The van der Waals surface area contributed by atoms with Gasteiger partial charge in [-0.15, -0.1) is 0 Å². The average Bonchev–Trinajstić information content (AvgIpc) is 2.37. The fourth-order valence-electron chi connectivity index (χ4n) is 2.07. The van der Waals surface area contributed by atoms with Gasteiger partial charge in [0.1, 0.15) is 0 Å². The molecule has 1 rings (SSSR count). The highest BCUT2D eigenvalue weighted by atomic mass is 16.5. The standard InChI is InChI=1S/C13H26N2O2/c1-3-11(4-2)15-13(16)7-10-17-12-5-8-14-9-6-12/h11-12,14H,3-10H2,1-2H3,(H,15,16). The van der Waals surface area contributed by atoms with Gasteiger partial charge in [0.2, 0.25) is 5.91 Å². The van der Waals surface area contributed by atoms with Crippen molar-refractivity contribution in [2.45, 2.75) is 58.1 Å². The Morgan fingerprint density at radius 3 is 2.59 bits per heavy atom. The van der Waals surface area contributed by atoms with Gasteiger partial charge in [-0.25, -0.2) is 0 Å². The monoisotopic (exact) mass is 242 g/mol. The molecule has 1 aliphatic rings. The first-order valence-electron chi connectivity index (χ1n) is 6.88. The van der Waals surface area contributed by atoms with E-state index in [2.05, 4.69) is 24.5 Å². The third kappa shape index (κ3) is 6.03. The van der Waals surface area contributed by atoms with Gasteiger partial charge in [0.25, 0.3) is 0 Å². The Morgan fingerprint density at radius 2 is 2.00 bits per heavy atom. The number of piperidine rings is 1. The Morgan fingerprint density at radius 1 is 1.35 bits per heavy atom. The van der Waals surface area contributed by atoms with E-state index in [1.807, 2.05) is 0 Å². The highest BCUT2D eigenvalue weighted by molar-refractivity contribution is 5.76. The first-order valence-corrected chi connectivity index (χ1v) is 6.88. The molecule has 1 amide bonds. The molecule has 0 bridgehead atoms. The molecule has 0 radical (unpaired) electrons. The summed E-state index contributed by atoms with van der Waals surface area (Å²) in [5.41, 5.74) is 0. The Bertz CT molecular complexity index is 211. The lowest BCUT2D eigenvalue weighted by Crippen LogP contribution is -2.36. The molecule has 100 valence electrons. The zero-order valence-corrected chi connectivity index (χ0v) is 11.1. The maximum Gasteiger partial charge on any atom is 0.222 e. The first kappa shape index (κ1) is 14.5. The molecule has 0 atom stereocenters. The molecule has 1 fully saturated rings. The summed E-state index contributed by atoms with van der Waals surface area (Å²) in [4.78, 5) is 11.6. The molecule has 1 heterocycles. The SMILES string of the molecule is CCC(CC)NC(=O)CCOC1CCNCC1. The summed E-state index contributed by atoms with van der Waals surface area (Å²) < 4.78 is 5.70.